The molecule has 0 N–H and O–H groups in total. The van der Waals surface area contributed by atoms with E-state index in [4.69, 9.17) is 32.7 Å². The van der Waals surface area contributed by atoms with Crippen LogP contribution in [0.1, 0.15) is 62.8 Å². The Morgan fingerprint density at radius 2 is 1.74 bits per heavy atom. The van der Waals surface area contributed by atoms with Crippen LogP contribution in [0.25, 0.3) is 28.5 Å². The number of benzene rings is 2. The maximum atomic E-state index is 6.62. The lowest BCUT2D eigenvalue weighted by molar-refractivity contribution is 0.425. The van der Waals surface area contributed by atoms with Crippen molar-refractivity contribution in [2.75, 3.05) is 0 Å². The molecule has 4 aromatic rings. The van der Waals surface area contributed by atoms with Gasteiger partial charge in [0.2, 0.25) is 5.89 Å². The maximum absolute atomic E-state index is 6.62. The summed E-state index contributed by atoms with van der Waals surface area (Å²) in [5.74, 6) is 1.51. The normalized spacial score (nSPS) is 14.9. The number of hydrogen-bond donors (Lipinski definition) is 0. The molecule has 0 atom stereocenters. The van der Waals surface area contributed by atoms with Crippen LogP contribution >= 0.6 is 39.1 Å². The van der Waals surface area contributed by atoms with E-state index in [1.54, 1.807) is 6.07 Å². The van der Waals surface area contributed by atoms with Crippen molar-refractivity contribution in [1.29, 1.82) is 0 Å². The van der Waals surface area contributed by atoms with E-state index >= 15 is 0 Å². The fraction of sp³-hybridized carbons (Fsp3) is 0.346. The lowest BCUT2D eigenvalue weighted by atomic mass is 10.0. The van der Waals surface area contributed by atoms with E-state index in [2.05, 4.69) is 45.2 Å². The molecule has 2 aromatic heterocycles. The second kappa shape index (κ2) is 10.2. The van der Waals surface area contributed by atoms with E-state index in [1.165, 1.54) is 25.7 Å². The van der Waals surface area contributed by atoms with Crippen molar-refractivity contribution >= 4 is 39.1 Å². The standard InChI is InChI=1S/C26H25BrCl2N4O/c1-2-20-23(26-31-30-25(34-26)17-7-5-3-4-6-8-17)32-33(22-14-13-19(28)15-21(22)29)24(20)16-9-11-18(27)12-10-16/h9-15,17H,2-8H2,1H3. The third-order valence-electron chi connectivity index (χ3n) is 6.44. The van der Waals surface area contributed by atoms with Gasteiger partial charge in [-0.25, -0.2) is 4.68 Å². The van der Waals surface area contributed by atoms with Crippen LogP contribution in [-0.2, 0) is 6.42 Å². The third-order valence-corrected chi connectivity index (χ3v) is 7.51. The summed E-state index contributed by atoms with van der Waals surface area (Å²) in [4.78, 5) is 0. The Kier molecular flexibility index (Phi) is 7.09. The Balaban J connectivity index is 1.66. The highest BCUT2D eigenvalue weighted by molar-refractivity contribution is 9.10. The Labute approximate surface area is 217 Å². The molecule has 0 radical (unpaired) electrons. The molecule has 0 spiro atoms. The molecule has 5 rings (SSSR count). The van der Waals surface area contributed by atoms with Crippen LogP contribution in [0.15, 0.2) is 51.4 Å². The minimum atomic E-state index is 0.326. The van der Waals surface area contributed by atoms with Gasteiger partial charge in [-0.05, 0) is 49.6 Å². The third kappa shape index (κ3) is 4.68. The second-order valence-electron chi connectivity index (χ2n) is 8.68. The molecule has 34 heavy (non-hydrogen) atoms. The zero-order chi connectivity index (χ0) is 23.7. The van der Waals surface area contributed by atoms with Crippen LogP contribution in [-0.4, -0.2) is 20.0 Å². The van der Waals surface area contributed by atoms with Gasteiger partial charge in [0, 0.05) is 26.5 Å². The quantitative estimate of drug-likeness (QED) is 0.229. The van der Waals surface area contributed by atoms with Crippen LogP contribution in [0.4, 0.5) is 0 Å². The van der Waals surface area contributed by atoms with E-state index in [-0.39, 0.29) is 0 Å². The highest BCUT2D eigenvalue weighted by atomic mass is 79.9. The first-order valence-corrected chi connectivity index (χ1v) is 13.3. The van der Waals surface area contributed by atoms with E-state index < -0.39 is 0 Å². The molecule has 0 amide bonds. The first-order chi connectivity index (χ1) is 16.5. The van der Waals surface area contributed by atoms with Gasteiger partial charge < -0.3 is 4.42 Å². The molecule has 0 unspecified atom stereocenters. The van der Waals surface area contributed by atoms with Gasteiger partial charge >= 0.3 is 0 Å². The number of nitrogens with zero attached hydrogens (tertiary/aromatic N) is 4. The smallest absolute Gasteiger partial charge is 0.268 e. The van der Waals surface area contributed by atoms with Crippen LogP contribution in [0.2, 0.25) is 10.0 Å². The number of hydrogen-bond acceptors (Lipinski definition) is 4. The Morgan fingerprint density at radius 3 is 2.41 bits per heavy atom. The minimum absolute atomic E-state index is 0.326. The molecular formula is C26H25BrCl2N4O. The fourth-order valence-electron chi connectivity index (χ4n) is 4.71. The Hall–Kier alpha value is -2.15. The predicted octanol–water partition coefficient (Wildman–Crippen LogP) is 8.66. The van der Waals surface area contributed by atoms with Gasteiger partial charge in [0.15, 0.2) is 5.69 Å². The van der Waals surface area contributed by atoms with Gasteiger partial charge in [0.05, 0.1) is 16.4 Å². The summed E-state index contributed by atoms with van der Waals surface area (Å²) in [6, 6.07) is 13.6. The van der Waals surface area contributed by atoms with Gasteiger partial charge in [0.1, 0.15) is 0 Å². The SMILES string of the molecule is CCc1c(-c2nnc(C3CCCCCC3)o2)nn(-c2ccc(Cl)cc2Cl)c1-c1ccc(Br)cc1. The minimum Gasteiger partial charge on any atom is -0.419 e. The van der Waals surface area contributed by atoms with Crippen molar-refractivity contribution in [3.63, 3.8) is 0 Å². The molecule has 0 aliphatic heterocycles. The molecule has 5 nitrogen and oxygen atoms in total. The number of rotatable bonds is 5. The summed E-state index contributed by atoms with van der Waals surface area (Å²) < 4.78 is 9.13. The molecule has 0 bridgehead atoms. The highest BCUT2D eigenvalue weighted by Gasteiger charge is 2.27. The molecular weight excluding hydrogens is 535 g/mol. The topological polar surface area (TPSA) is 56.7 Å². The maximum Gasteiger partial charge on any atom is 0.268 e. The molecule has 1 aliphatic carbocycles. The average Bonchev–Trinajstić information content (AvgIpc) is 3.36. The van der Waals surface area contributed by atoms with Crippen LogP contribution in [0.5, 0.6) is 0 Å². The van der Waals surface area contributed by atoms with Crippen molar-refractivity contribution < 1.29 is 4.42 Å². The summed E-state index contributed by atoms with van der Waals surface area (Å²) >= 11 is 16.3. The van der Waals surface area contributed by atoms with E-state index in [1.807, 2.05) is 28.9 Å². The van der Waals surface area contributed by atoms with Gasteiger partial charge in [0.25, 0.3) is 5.89 Å². The van der Waals surface area contributed by atoms with Crippen LogP contribution in [0.3, 0.4) is 0 Å². The van der Waals surface area contributed by atoms with Gasteiger partial charge in [-0.15, -0.1) is 10.2 Å². The Bertz CT molecular complexity index is 1290. The largest absolute Gasteiger partial charge is 0.419 e. The fourth-order valence-corrected chi connectivity index (χ4v) is 5.46. The van der Waals surface area contributed by atoms with E-state index in [9.17, 15) is 0 Å². The molecule has 176 valence electrons. The molecule has 0 saturated heterocycles. The lowest BCUT2D eigenvalue weighted by Gasteiger charge is -2.11. The van der Waals surface area contributed by atoms with Gasteiger partial charge in [-0.1, -0.05) is 83.9 Å². The van der Waals surface area contributed by atoms with Crippen molar-refractivity contribution in [1.82, 2.24) is 20.0 Å². The van der Waals surface area contributed by atoms with Crippen LogP contribution in [0, 0.1) is 0 Å². The second-order valence-corrected chi connectivity index (χ2v) is 10.4. The summed E-state index contributed by atoms with van der Waals surface area (Å²) in [5.41, 5.74) is 4.44. The lowest BCUT2D eigenvalue weighted by Crippen LogP contribution is -2.01. The van der Waals surface area contributed by atoms with Gasteiger partial charge in [-0.2, -0.15) is 5.10 Å². The molecule has 2 heterocycles. The molecule has 8 heteroatoms. The first kappa shape index (κ1) is 23.6. The van der Waals surface area contributed by atoms with Crippen molar-refractivity contribution in [3.8, 4) is 28.5 Å². The number of halogens is 3. The van der Waals surface area contributed by atoms with Crippen molar-refractivity contribution in [3.05, 3.63) is 68.4 Å². The molecule has 1 fully saturated rings. The summed E-state index contributed by atoms with van der Waals surface area (Å²) in [6.45, 7) is 2.11. The highest BCUT2D eigenvalue weighted by Crippen LogP contribution is 2.38. The van der Waals surface area contributed by atoms with E-state index in [0.29, 0.717) is 27.5 Å². The van der Waals surface area contributed by atoms with Crippen molar-refractivity contribution in [2.24, 2.45) is 0 Å². The molecule has 2 aromatic carbocycles. The molecule has 1 aliphatic rings. The van der Waals surface area contributed by atoms with Crippen LogP contribution < -0.4 is 0 Å². The monoisotopic (exact) mass is 558 g/mol. The summed E-state index contributed by atoms with van der Waals surface area (Å²) in [6.07, 6.45) is 7.91. The molecule has 1 saturated carbocycles. The van der Waals surface area contributed by atoms with E-state index in [0.717, 1.165) is 52.1 Å². The summed E-state index contributed by atoms with van der Waals surface area (Å²) in [7, 11) is 0. The zero-order valence-corrected chi connectivity index (χ0v) is 22.0. The predicted molar refractivity (Wildman–Crippen MR) is 140 cm³/mol. The zero-order valence-electron chi connectivity index (χ0n) is 18.9. The average molecular weight is 560 g/mol. The first-order valence-electron chi connectivity index (χ1n) is 11.7. The van der Waals surface area contributed by atoms with Crippen molar-refractivity contribution in [2.45, 2.75) is 57.8 Å². The summed E-state index contributed by atoms with van der Waals surface area (Å²) in [5, 5.41) is 14.9. The van der Waals surface area contributed by atoms with Gasteiger partial charge in [-0.3, -0.25) is 0 Å². The Morgan fingerprint density at radius 1 is 1.00 bits per heavy atom. The number of aromatic nitrogens is 4.